The van der Waals surface area contributed by atoms with E-state index >= 15 is 0 Å². The van der Waals surface area contributed by atoms with Crippen LogP contribution in [0.5, 0.6) is 0 Å². The highest BCUT2D eigenvalue weighted by Gasteiger charge is 2.31. The summed E-state index contributed by atoms with van der Waals surface area (Å²) in [7, 11) is 2.08. The minimum atomic E-state index is 0.427. The van der Waals surface area contributed by atoms with Crippen LogP contribution < -0.4 is 10.6 Å². The van der Waals surface area contributed by atoms with Crippen LogP contribution in [0.1, 0.15) is 48.9 Å². The maximum atomic E-state index is 9.49. The maximum Gasteiger partial charge on any atom is 0.146 e. The Hall–Kier alpha value is -1.60. The number of aromatic nitrogens is 1. The first kappa shape index (κ1) is 14.3. The molecule has 1 aromatic rings. The molecule has 0 spiro atoms. The van der Waals surface area contributed by atoms with Gasteiger partial charge in [-0.05, 0) is 62.6 Å². The van der Waals surface area contributed by atoms with E-state index < -0.39 is 0 Å². The number of nitriles is 1. The molecule has 0 saturated heterocycles. The number of rotatable bonds is 3. The smallest absolute Gasteiger partial charge is 0.146 e. The first-order valence-corrected chi connectivity index (χ1v) is 8.10. The van der Waals surface area contributed by atoms with Crippen molar-refractivity contribution < 1.29 is 0 Å². The molecule has 1 heterocycles. The molecule has 4 nitrogen and oxygen atoms in total. The van der Waals surface area contributed by atoms with Crippen molar-refractivity contribution >= 4 is 5.82 Å². The SMILES string of the molecule is CN(c1nc2c(cc1C#N)CCCC2)C1CCCC1CN. The Morgan fingerprint density at radius 3 is 2.90 bits per heavy atom. The maximum absolute atomic E-state index is 9.49. The van der Waals surface area contributed by atoms with Crippen molar-refractivity contribution in [3.05, 3.63) is 22.9 Å². The van der Waals surface area contributed by atoms with E-state index in [0.29, 0.717) is 12.0 Å². The molecule has 2 aliphatic carbocycles. The third-order valence-electron chi connectivity index (χ3n) is 5.15. The van der Waals surface area contributed by atoms with Crippen LogP contribution >= 0.6 is 0 Å². The van der Waals surface area contributed by atoms with Crippen LogP contribution in [0, 0.1) is 17.2 Å². The van der Waals surface area contributed by atoms with Gasteiger partial charge in [-0.25, -0.2) is 4.98 Å². The largest absolute Gasteiger partial charge is 0.355 e. The van der Waals surface area contributed by atoms with E-state index in [0.717, 1.165) is 37.2 Å². The fourth-order valence-electron chi connectivity index (χ4n) is 3.93. The quantitative estimate of drug-likeness (QED) is 0.925. The topological polar surface area (TPSA) is 65.9 Å². The molecular weight excluding hydrogens is 260 g/mol. The lowest BCUT2D eigenvalue weighted by Crippen LogP contribution is -2.38. The minimum Gasteiger partial charge on any atom is -0.355 e. The zero-order chi connectivity index (χ0) is 14.8. The highest BCUT2D eigenvalue weighted by Crippen LogP contribution is 2.33. The second-order valence-corrected chi connectivity index (χ2v) is 6.39. The molecule has 1 saturated carbocycles. The van der Waals surface area contributed by atoms with Crippen LogP contribution in [0.3, 0.4) is 0 Å². The summed E-state index contributed by atoms with van der Waals surface area (Å²) >= 11 is 0. The molecule has 0 amide bonds. The van der Waals surface area contributed by atoms with Gasteiger partial charge >= 0.3 is 0 Å². The summed E-state index contributed by atoms with van der Waals surface area (Å²) in [5, 5.41) is 9.49. The molecule has 2 aliphatic rings. The van der Waals surface area contributed by atoms with Crippen molar-refractivity contribution in [3.63, 3.8) is 0 Å². The Balaban J connectivity index is 1.95. The predicted octanol–water partition coefficient (Wildman–Crippen LogP) is 2.40. The average Bonchev–Trinajstić information content (AvgIpc) is 3.01. The van der Waals surface area contributed by atoms with Gasteiger partial charge in [0.2, 0.25) is 0 Å². The number of nitrogens with two attached hydrogens (primary N) is 1. The summed E-state index contributed by atoms with van der Waals surface area (Å²) in [4.78, 5) is 7.08. The Bertz CT molecular complexity index is 561. The van der Waals surface area contributed by atoms with E-state index in [-0.39, 0.29) is 0 Å². The molecule has 4 heteroatoms. The van der Waals surface area contributed by atoms with Crippen LogP contribution in [-0.4, -0.2) is 24.6 Å². The number of hydrogen-bond donors (Lipinski definition) is 1. The number of anilines is 1. The van der Waals surface area contributed by atoms with Gasteiger partial charge in [0.05, 0.1) is 5.56 Å². The van der Waals surface area contributed by atoms with Crippen molar-refractivity contribution in [1.82, 2.24) is 4.98 Å². The van der Waals surface area contributed by atoms with Crippen LogP contribution in [0.2, 0.25) is 0 Å². The molecule has 0 aromatic carbocycles. The molecule has 2 N–H and O–H groups in total. The Labute approximate surface area is 127 Å². The van der Waals surface area contributed by atoms with Gasteiger partial charge in [-0.2, -0.15) is 5.26 Å². The summed E-state index contributed by atoms with van der Waals surface area (Å²) < 4.78 is 0. The number of aryl methyl sites for hydroxylation is 2. The van der Waals surface area contributed by atoms with Crippen molar-refractivity contribution in [2.24, 2.45) is 11.7 Å². The normalized spacial score (nSPS) is 24.4. The summed E-state index contributed by atoms with van der Waals surface area (Å²) in [5.41, 5.74) is 9.11. The lowest BCUT2D eigenvalue weighted by atomic mass is 9.94. The molecule has 3 rings (SSSR count). The summed E-state index contributed by atoms with van der Waals surface area (Å²) in [6, 6.07) is 4.84. The fraction of sp³-hybridized carbons (Fsp3) is 0.647. The number of hydrogen-bond acceptors (Lipinski definition) is 4. The highest BCUT2D eigenvalue weighted by molar-refractivity contribution is 5.57. The number of pyridine rings is 1. The van der Waals surface area contributed by atoms with E-state index in [9.17, 15) is 5.26 Å². The second-order valence-electron chi connectivity index (χ2n) is 6.39. The first-order valence-electron chi connectivity index (χ1n) is 8.10. The minimum absolute atomic E-state index is 0.427. The third-order valence-corrected chi connectivity index (χ3v) is 5.15. The molecule has 1 aromatic heterocycles. The molecule has 2 atom stereocenters. The average molecular weight is 284 g/mol. The zero-order valence-electron chi connectivity index (χ0n) is 12.8. The summed E-state index contributed by atoms with van der Waals surface area (Å²) in [5.74, 6) is 1.39. The van der Waals surface area contributed by atoms with Crippen LogP contribution in [-0.2, 0) is 12.8 Å². The standard InChI is InChI=1S/C17H24N4/c1-21(16-8-4-6-13(16)10-18)17-14(11-19)9-12-5-2-3-7-15(12)20-17/h9,13,16H,2-8,10,18H2,1H3. The van der Waals surface area contributed by atoms with Crippen LogP contribution in [0.15, 0.2) is 6.07 Å². The molecule has 21 heavy (non-hydrogen) atoms. The monoisotopic (exact) mass is 284 g/mol. The van der Waals surface area contributed by atoms with Gasteiger partial charge in [-0.15, -0.1) is 0 Å². The van der Waals surface area contributed by atoms with Crippen molar-refractivity contribution in [2.75, 3.05) is 18.5 Å². The molecule has 2 unspecified atom stereocenters. The van der Waals surface area contributed by atoms with E-state index in [1.165, 1.54) is 36.9 Å². The van der Waals surface area contributed by atoms with Gasteiger partial charge in [0.15, 0.2) is 0 Å². The van der Waals surface area contributed by atoms with Gasteiger partial charge < -0.3 is 10.6 Å². The molecule has 1 fully saturated rings. The van der Waals surface area contributed by atoms with E-state index in [4.69, 9.17) is 10.7 Å². The zero-order valence-corrected chi connectivity index (χ0v) is 12.8. The predicted molar refractivity (Wildman–Crippen MR) is 84.2 cm³/mol. The van der Waals surface area contributed by atoms with Crippen LogP contribution in [0.25, 0.3) is 0 Å². The number of nitrogens with zero attached hydrogens (tertiary/aromatic N) is 3. The highest BCUT2D eigenvalue weighted by atomic mass is 15.2. The molecule has 0 radical (unpaired) electrons. The van der Waals surface area contributed by atoms with Gasteiger partial charge in [0.25, 0.3) is 0 Å². The van der Waals surface area contributed by atoms with Gasteiger partial charge in [0.1, 0.15) is 11.9 Å². The first-order chi connectivity index (χ1) is 10.2. The second kappa shape index (κ2) is 6.03. The van der Waals surface area contributed by atoms with Crippen molar-refractivity contribution in [2.45, 2.75) is 51.0 Å². The molecule has 112 valence electrons. The van der Waals surface area contributed by atoms with Crippen molar-refractivity contribution in [1.29, 1.82) is 5.26 Å². The Morgan fingerprint density at radius 1 is 1.33 bits per heavy atom. The van der Waals surface area contributed by atoms with Crippen molar-refractivity contribution in [3.8, 4) is 6.07 Å². The van der Waals surface area contributed by atoms with Gasteiger partial charge in [0, 0.05) is 18.8 Å². The fourth-order valence-corrected chi connectivity index (χ4v) is 3.93. The van der Waals surface area contributed by atoms with Gasteiger partial charge in [-0.1, -0.05) is 6.42 Å². The Morgan fingerprint density at radius 2 is 2.14 bits per heavy atom. The molecule has 0 aliphatic heterocycles. The molecule has 0 bridgehead atoms. The lowest BCUT2D eigenvalue weighted by molar-refractivity contribution is 0.471. The van der Waals surface area contributed by atoms with E-state index in [2.05, 4.69) is 24.1 Å². The van der Waals surface area contributed by atoms with Gasteiger partial charge in [-0.3, -0.25) is 0 Å². The summed E-state index contributed by atoms with van der Waals surface area (Å²) in [6.45, 7) is 0.724. The third kappa shape index (κ3) is 2.63. The van der Waals surface area contributed by atoms with E-state index in [1.54, 1.807) is 0 Å². The molecular formula is C17H24N4. The van der Waals surface area contributed by atoms with Crippen LogP contribution in [0.4, 0.5) is 5.82 Å². The van der Waals surface area contributed by atoms with E-state index in [1.807, 2.05) is 0 Å². The Kier molecular flexibility index (Phi) is 4.12. The lowest BCUT2D eigenvalue weighted by Gasteiger charge is -2.31. The summed E-state index contributed by atoms with van der Waals surface area (Å²) in [6.07, 6.45) is 8.11. The number of fused-ring (bicyclic) bond motifs is 1.